The SMILES string of the molecule is CC1(C)CC2CC(C)(CN2C[C@@H]2C[C@H](c3ccc(CO)cc3)O[C@H](c3ccc(CNC(=O)C(Cl)(Cl)Cl)cc3)O2)C1. The summed E-state index contributed by atoms with van der Waals surface area (Å²) >= 11 is 17.0. The van der Waals surface area contributed by atoms with Crippen LogP contribution in [-0.2, 0) is 27.4 Å². The van der Waals surface area contributed by atoms with Crippen LogP contribution >= 0.6 is 34.8 Å². The number of nitrogens with one attached hydrogen (secondary N) is 1. The lowest BCUT2D eigenvalue weighted by molar-refractivity contribution is -0.253. The van der Waals surface area contributed by atoms with Crippen molar-refractivity contribution in [2.75, 3.05) is 13.1 Å². The van der Waals surface area contributed by atoms with Gasteiger partial charge in [0.25, 0.3) is 9.70 Å². The van der Waals surface area contributed by atoms with Gasteiger partial charge in [0.2, 0.25) is 0 Å². The van der Waals surface area contributed by atoms with Gasteiger partial charge in [-0.3, -0.25) is 9.69 Å². The number of aliphatic hydroxyl groups excluding tert-OH is 1. The molecule has 218 valence electrons. The number of likely N-dealkylation sites (tertiary alicyclic amines) is 1. The first-order chi connectivity index (χ1) is 18.8. The Morgan fingerprint density at radius 2 is 1.65 bits per heavy atom. The van der Waals surface area contributed by atoms with Gasteiger partial charge in [-0.2, -0.15) is 0 Å². The van der Waals surface area contributed by atoms with Crippen molar-refractivity contribution in [2.24, 2.45) is 10.8 Å². The van der Waals surface area contributed by atoms with Gasteiger partial charge in [0.1, 0.15) is 0 Å². The fraction of sp³-hybridized carbons (Fsp3) is 0.581. The van der Waals surface area contributed by atoms with E-state index in [0.29, 0.717) is 16.9 Å². The van der Waals surface area contributed by atoms with Gasteiger partial charge in [-0.15, -0.1) is 0 Å². The third-order valence-electron chi connectivity index (χ3n) is 8.54. The summed E-state index contributed by atoms with van der Waals surface area (Å²) in [6.07, 6.45) is 3.85. The molecule has 2 heterocycles. The number of nitrogens with zero attached hydrogens (tertiary/aromatic N) is 1. The molecule has 9 heteroatoms. The number of ether oxygens (including phenoxy) is 2. The summed E-state index contributed by atoms with van der Waals surface area (Å²) in [5.74, 6) is -0.665. The smallest absolute Gasteiger partial charge is 0.272 e. The normalized spacial score (nSPS) is 30.3. The summed E-state index contributed by atoms with van der Waals surface area (Å²) in [6.45, 7) is 9.49. The molecule has 1 amide bonds. The predicted molar refractivity (Wildman–Crippen MR) is 158 cm³/mol. The van der Waals surface area contributed by atoms with Crippen LogP contribution in [0.25, 0.3) is 0 Å². The van der Waals surface area contributed by atoms with E-state index in [1.54, 1.807) is 0 Å². The molecule has 2 aromatic carbocycles. The number of hydrogen-bond donors (Lipinski definition) is 2. The molecule has 2 bridgehead atoms. The van der Waals surface area contributed by atoms with Crippen LogP contribution in [0.1, 0.15) is 81.1 Å². The summed E-state index contributed by atoms with van der Waals surface area (Å²) in [6, 6.07) is 16.3. The fourth-order valence-electron chi connectivity index (χ4n) is 7.16. The molecular weight excluding hydrogens is 571 g/mol. The first kappa shape index (κ1) is 30.1. The molecule has 5 rings (SSSR count). The number of amides is 1. The van der Waals surface area contributed by atoms with Gasteiger partial charge in [0.15, 0.2) is 6.29 Å². The van der Waals surface area contributed by atoms with Gasteiger partial charge in [0.05, 0.1) is 18.8 Å². The molecule has 2 aliphatic heterocycles. The Balaban J connectivity index is 1.32. The van der Waals surface area contributed by atoms with Crippen LogP contribution in [0.4, 0.5) is 0 Å². The lowest BCUT2D eigenvalue weighted by Crippen LogP contribution is -2.42. The number of alkyl halides is 3. The maximum absolute atomic E-state index is 11.9. The van der Waals surface area contributed by atoms with E-state index in [4.69, 9.17) is 44.3 Å². The molecule has 0 radical (unpaired) electrons. The minimum absolute atomic E-state index is 0.00980. The number of hydrogen-bond acceptors (Lipinski definition) is 5. The molecular formula is C31H39Cl3N2O4. The monoisotopic (exact) mass is 608 g/mol. The van der Waals surface area contributed by atoms with Crippen LogP contribution in [-0.4, -0.2) is 44.9 Å². The molecule has 2 unspecified atom stereocenters. The molecule has 6 nitrogen and oxygen atoms in total. The number of fused-ring (bicyclic) bond motifs is 2. The lowest BCUT2D eigenvalue weighted by atomic mass is 9.65. The van der Waals surface area contributed by atoms with Gasteiger partial charge in [-0.1, -0.05) is 104 Å². The summed E-state index contributed by atoms with van der Waals surface area (Å²) in [5, 5.41) is 12.1. The minimum atomic E-state index is -2.00. The average molecular weight is 610 g/mol. The van der Waals surface area contributed by atoms with Crippen LogP contribution in [0.5, 0.6) is 0 Å². The summed E-state index contributed by atoms with van der Waals surface area (Å²) < 4.78 is 11.1. The number of aliphatic hydroxyl groups is 1. The molecule has 2 saturated heterocycles. The first-order valence-corrected chi connectivity index (χ1v) is 15.1. The van der Waals surface area contributed by atoms with Crippen molar-refractivity contribution >= 4 is 40.7 Å². The van der Waals surface area contributed by atoms with Crippen molar-refractivity contribution in [1.29, 1.82) is 0 Å². The van der Waals surface area contributed by atoms with Crippen LogP contribution in [0.2, 0.25) is 0 Å². The molecule has 0 spiro atoms. The third kappa shape index (κ3) is 7.15. The number of halogens is 3. The van der Waals surface area contributed by atoms with E-state index in [9.17, 15) is 9.90 Å². The maximum Gasteiger partial charge on any atom is 0.272 e. The van der Waals surface area contributed by atoms with Crippen molar-refractivity contribution in [3.63, 3.8) is 0 Å². The zero-order valence-electron chi connectivity index (χ0n) is 23.3. The summed E-state index contributed by atoms with van der Waals surface area (Å²) in [7, 11) is 0. The highest BCUT2D eigenvalue weighted by Crippen LogP contribution is 2.53. The van der Waals surface area contributed by atoms with Crippen molar-refractivity contribution in [1.82, 2.24) is 10.2 Å². The Labute approximate surface area is 252 Å². The second-order valence-corrected chi connectivity index (χ2v) is 15.2. The third-order valence-corrected chi connectivity index (χ3v) is 9.05. The van der Waals surface area contributed by atoms with E-state index in [2.05, 4.69) is 31.0 Å². The van der Waals surface area contributed by atoms with Crippen LogP contribution < -0.4 is 5.32 Å². The summed E-state index contributed by atoms with van der Waals surface area (Å²) in [4.78, 5) is 14.6. The van der Waals surface area contributed by atoms with Gasteiger partial charge < -0.3 is 19.9 Å². The molecule has 2 N–H and O–H groups in total. The number of benzene rings is 2. The second-order valence-electron chi connectivity index (χ2n) is 12.9. The van der Waals surface area contributed by atoms with E-state index >= 15 is 0 Å². The van der Waals surface area contributed by atoms with E-state index in [1.807, 2.05) is 48.5 Å². The minimum Gasteiger partial charge on any atom is -0.392 e. The standard InChI is InChI=1S/C31H39Cl3N2O4/c1-29(2)13-24-14-30(3,18-29)19-36(24)16-25-12-26(22-8-6-21(17-37)7-9-22)40-27(39-25)23-10-4-20(5-11-23)15-35-28(38)31(32,33)34/h4-11,24-27,37H,12-19H2,1-3H3,(H,35,38)/t24?,25-,26+,27+,30?/m0/s1. The highest BCUT2D eigenvalue weighted by atomic mass is 35.6. The molecule has 0 aromatic heterocycles. The Morgan fingerprint density at radius 3 is 2.30 bits per heavy atom. The zero-order valence-corrected chi connectivity index (χ0v) is 25.6. The Morgan fingerprint density at radius 1 is 1.00 bits per heavy atom. The molecule has 3 aliphatic rings. The maximum atomic E-state index is 11.9. The van der Waals surface area contributed by atoms with E-state index in [-0.39, 0.29) is 25.4 Å². The topological polar surface area (TPSA) is 71.0 Å². The van der Waals surface area contributed by atoms with E-state index in [1.165, 1.54) is 19.3 Å². The first-order valence-electron chi connectivity index (χ1n) is 14.0. The van der Waals surface area contributed by atoms with E-state index in [0.717, 1.165) is 41.8 Å². The van der Waals surface area contributed by atoms with E-state index < -0.39 is 16.0 Å². The number of rotatable bonds is 7. The summed E-state index contributed by atoms with van der Waals surface area (Å²) in [5.41, 5.74) is 4.46. The molecule has 1 aliphatic carbocycles. The Kier molecular flexibility index (Phi) is 8.81. The molecule has 2 aromatic rings. The highest BCUT2D eigenvalue weighted by molar-refractivity contribution is 6.76. The van der Waals surface area contributed by atoms with Gasteiger partial charge >= 0.3 is 0 Å². The van der Waals surface area contributed by atoms with Gasteiger partial charge in [-0.25, -0.2) is 0 Å². The van der Waals surface area contributed by atoms with Gasteiger partial charge in [-0.05, 0) is 46.8 Å². The quantitative estimate of drug-likeness (QED) is 0.346. The molecule has 40 heavy (non-hydrogen) atoms. The lowest BCUT2D eigenvalue weighted by Gasteiger charge is -2.41. The van der Waals surface area contributed by atoms with Crippen molar-refractivity contribution in [2.45, 2.75) is 87.9 Å². The highest BCUT2D eigenvalue weighted by Gasteiger charge is 2.50. The molecule has 3 fully saturated rings. The van der Waals surface area contributed by atoms with Crippen molar-refractivity contribution < 1.29 is 19.4 Å². The van der Waals surface area contributed by atoms with Crippen molar-refractivity contribution in [3.8, 4) is 0 Å². The number of carbonyl (C=O) groups is 1. The zero-order chi connectivity index (χ0) is 28.7. The second kappa shape index (κ2) is 11.7. The fourth-order valence-corrected chi connectivity index (χ4v) is 7.36. The van der Waals surface area contributed by atoms with Crippen molar-refractivity contribution in [3.05, 3.63) is 70.8 Å². The molecule has 1 saturated carbocycles. The Bertz CT molecular complexity index is 1180. The van der Waals surface area contributed by atoms with Crippen LogP contribution in [0.15, 0.2) is 48.5 Å². The van der Waals surface area contributed by atoms with Crippen LogP contribution in [0, 0.1) is 10.8 Å². The molecule has 5 atom stereocenters. The van der Waals surface area contributed by atoms with Gasteiger partial charge in [0, 0.05) is 37.7 Å². The average Bonchev–Trinajstić information content (AvgIpc) is 3.13. The van der Waals surface area contributed by atoms with Crippen LogP contribution in [0.3, 0.4) is 0 Å². The largest absolute Gasteiger partial charge is 0.392 e. The predicted octanol–water partition coefficient (Wildman–Crippen LogP) is 6.61. The Hall–Kier alpha value is -1.38. The number of carbonyl (C=O) groups excluding carboxylic acids is 1.